The minimum atomic E-state index is -0.417. The standard InChI is InChI=1S/C5H9N3O/c6-3-8-2-4(9)1-5(8)7/h4-5,9H,1-2,7H2/t4-,5?/m0/s1. The zero-order valence-electron chi connectivity index (χ0n) is 4.99. The minimum Gasteiger partial charge on any atom is -0.391 e. The first kappa shape index (κ1) is 6.33. The highest BCUT2D eigenvalue weighted by molar-refractivity contribution is 4.88. The van der Waals surface area contributed by atoms with Gasteiger partial charge in [-0.25, -0.2) is 0 Å². The third-order valence-corrected chi connectivity index (χ3v) is 1.45. The molecule has 9 heavy (non-hydrogen) atoms. The maximum absolute atomic E-state index is 8.93. The van der Waals surface area contributed by atoms with Crippen LogP contribution in [0.25, 0.3) is 0 Å². The number of β-amino-alcohol motifs (C(OH)–C–C–N with tert-alkyl or cyclic N) is 1. The van der Waals surface area contributed by atoms with Crippen molar-refractivity contribution >= 4 is 0 Å². The maximum Gasteiger partial charge on any atom is 0.180 e. The number of hydrogen-bond acceptors (Lipinski definition) is 4. The number of aliphatic hydroxyl groups excluding tert-OH is 1. The average Bonchev–Trinajstić information content (AvgIpc) is 2.10. The Morgan fingerprint density at radius 3 is 2.67 bits per heavy atom. The van der Waals surface area contributed by atoms with Crippen molar-refractivity contribution in [2.75, 3.05) is 6.54 Å². The topological polar surface area (TPSA) is 73.3 Å². The number of hydrogen-bond donors (Lipinski definition) is 2. The lowest BCUT2D eigenvalue weighted by molar-refractivity contribution is 0.186. The highest BCUT2D eigenvalue weighted by Crippen LogP contribution is 2.11. The summed E-state index contributed by atoms with van der Waals surface area (Å²) in [6.45, 7) is 0.387. The van der Waals surface area contributed by atoms with Crippen LogP contribution in [-0.2, 0) is 0 Å². The molecule has 1 aliphatic rings. The van der Waals surface area contributed by atoms with E-state index in [1.807, 2.05) is 6.19 Å². The molecule has 2 atom stereocenters. The summed E-state index contributed by atoms with van der Waals surface area (Å²) in [6, 6.07) is 0. The van der Waals surface area contributed by atoms with Gasteiger partial charge >= 0.3 is 0 Å². The predicted octanol–water partition coefficient (Wildman–Crippen LogP) is -1.18. The summed E-state index contributed by atoms with van der Waals surface area (Å²) < 4.78 is 0. The lowest BCUT2D eigenvalue weighted by Crippen LogP contribution is -2.32. The lowest BCUT2D eigenvalue weighted by Gasteiger charge is -2.10. The second-order valence-electron chi connectivity index (χ2n) is 2.21. The van der Waals surface area contributed by atoms with Crippen LogP contribution in [-0.4, -0.2) is 28.8 Å². The lowest BCUT2D eigenvalue weighted by atomic mass is 10.3. The van der Waals surface area contributed by atoms with Gasteiger partial charge in [-0.15, -0.1) is 0 Å². The SMILES string of the molecule is N#CN1C[C@@H](O)CC1N. The Morgan fingerprint density at radius 2 is 2.44 bits per heavy atom. The van der Waals surface area contributed by atoms with Crippen molar-refractivity contribution in [2.45, 2.75) is 18.7 Å². The first-order valence-corrected chi connectivity index (χ1v) is 2.84. The van der Waals surface area contributed by atoms with Crippen molar-refractivity contribution in [3.8, 4) is 6.19 Å². The Hall–Kier alpha value is -0.790. The van der Waals surface area contributed by atoms with Crippen molar-refractivity contribution in [1.82, 2.24) is 4.90 Å². The molecule has 1 heterocycles. The fourth-order valence-corrected chi connectivity index (χ4v) is 0.958. The van der Waals surface area contributed by atoms with Crippen LogP contribution in [0.1, 0.15) is 6.42 Å². The Morgan fingerprint density at radius 1 is 1.78 bits per heavy atom. The van der Waals surface area contributed by atoms with E-state index in [1.54, 1.807) is 0 Å². The zero-order chi connectivity index (χ0) is 6.85. The Balaban J connectivity index is 2.50. The number of aliphatic hydroxyl groups is 1. The number of rotatable bonds is 0. The zero-order valence-corrected chi connectivity index (χ0v) is 4.99. The molecule has 1 saturated heterocycles. The van der Waals surface area contributed by atoms with Gasteiger partial charge in [0.05, 0.1) is 18.8 Å². The third kappa shape index (κ3) is 1.12. The van der Waals surface area contributed by atoms with Gasteiger partial charge in [0.25, 0.3) is 0 Å². The quantitative estimate of drug-likeness (QED) is 0.402. The van der Waals surface area contributed by atoms with Gasteiger partial charge in [-0.2, -0.15) is 5.26 Å². The molecule has 4 nitrogen and oxygen atoms in total. The highest BCUT2D eigenvalue weighted by Gasteiger charge is 2.26. The fraction of sp³-hybridized carbons (Fsp3) is 0.800. The third-order valence-electron chi connectivity index (χ3n) is 1.45. The number of nitrogens with two attached hydrogens (primary N) is 1. The first-order chi connectivity index (χ1) is 4.24. The molecule has 0 radical (unpaired) electrons. The maximum atomic E-state index is 8.93. The van der Waals surface area contributed by atoms with E-state index in [9.17, 15) is 0 Å². The van der Waals surface area contributed by atoms with Crippen molar-refractivity contribution in [2.24, 2.45) is 5.73 Å². The molecular weight excluding hydrogens is 118 g/mol. The molecule has 0 spiro atoms. The molecule has 0 saturated carbocycles. The molecule has 1 fully saturated rings. The number of likely N-dealkylation sites (tertiary alicyclic amines) is 1. The summed E-state index contributed by atoms with van der Waals surface area (Å²) in [5.41, 5.74) is 5.42. The summed E-state index contributed by atoms with van der Waals surface area (Å²) in [7, 11) is 0. The van der Waals surface area contributed by atoms with E-state index in [4.69, 9.17) is 16.1 Å². The molecule has 1 rings (SSSR count). The predicted molar refractivity (Wildman–Crippen MR) is 30.9 cm³/mol. The smallest absolute Gasteiger partial charge is 0.180 e. The molecule has 1 aliphatic heterocycles. The van der Waals surface area contributed by atoms with Crippen LogP contribution in [0.4, 0.5) is 0 Å². The summed E-state index contributed by atoms with van der Waals surface area (Å²) in [5, 5.41) is 17.3. The fourth-order valence-electron chi connectivity index (χ4n) is 0.958. The highest BCUT2D eigenvalue weighted by atomic mass is 16.3. The second kappa shape index (κ2) is 2.21. The first-order valence-electron chi connectivity index (χ1n) is 2.84. The average molecular weight is 127 g/mol. The van der Waals surface area contributed by atoms with Crippen molar-refractivity contribution in [1.29, 1.82) is 5.26 Å². The van der Waals surface area contributed by atoms with Gasteiger partial charge in [0.1, 0.15) is 0 Å². The van der Waals surface area contributed by atoms with Crippen LogP contribution in [0.2, 0.25) is 0 Å². The van der Waals surface area contributed by atoms with E-state index < -0.39 is 6.10 Å². The van der Waals surface area contributed by atoms with E-state index in [-0.39, 0.29) is 6.17 Å². The number of nitriles is 1. The molecule has 0 aromatic rings. The monoisotopic (exact) mass is 127 g/mol. The summed E-state index contributed by atoms with van der Waals surface area (Å²) in [4.78, 5) is 1.38. The van der Waals surface area contributed by atoms with Gasteiger partial charge in [-0.3, -0.25) is 4.90 Å². The van der Waals surface area contributed by atoms with Gasteiger partial charge in [0.15, 0.2) is 6.19 Å². The van der Waals surface area contributed by atoms with E-state index in [0.29, 0.717) is 13.0 Å². The van der Waals surface area contributed by atoms with Crippen LogP contribution in [0.15, 0.2) is 0 Å². The van der Waals surface area contributed by atoms with E-state index in [0.717, 1.165) is 0 Å². The van der Waals surface area contributed by atoms with Gasteiger partial charge in [-0.1, -0.05) is 0 Å². The van der Waals surface area contributed by atoms with Gasteiger partial charge in [0.2, 0.25) is 0 Å². The Labute approximate surface area is 53.5 Å². The number of nitrogens with zero attached hydrogens (tertiary/aromatic N) is 2. The summed E-state index contributed by atoms with van der Waals surface area (Å²) >= 11 is 0. The molecule has 0 aromatic heterocycles. The molecule has 50 valence electrons. The molecule has 0 aromatic carbocycles. The Bertz CT molecular complexity index is 142. The normalized spacial score (nSPS) is 34.6. The largest absolute Gasteiger partial charge is 0.391 e. The van der Waals surface area contributed by atoms with Gasteiger partial charge < -0.3 is 10.8 Å². The van der Waals surface area contributed by atoms with Crippen molar-refractivity contribution < 1.29 is 5.11 Å². The molecule has 3 N–H and O–H groups in total. The van der Waals surface area contributed by atoms with Crippen LogP contribution < -0.4 is 5.73 Å². The molecular formula is C5H9N3O. The molecule has 0 amide bonds. The second-order valence-corrected chi connectivity index (χ2v) is 2.21. The van der Waals surface area contributed by atoms with Crippen molar-refractivity contribution in [3.63, 3.8) is 0 Å². The molecule has 0 aliphatic carbocycles. The molecule has 4 heteroatoms. The van der Waals surface area contributed by atoms with Crippen LogP contribution >= 0.6 is 0 Å². The van der Waals surface area contributed by atoms with E-state index in [1.165, 1.54) is 4.90 Å². The Kier molecular flexibility index (Phi) is 1.56. The molecule has 0 bridgehead atoms. The van der Waals surface area contributed by atoms with E-state index in [2.05, 4.69) is 0 Å². The van der Waals surface area contributed by atoms with Crippen molar-refractivity contribution in [3.05, 3.63) is 0 Å². The van der Waals surface area contributed by atoms with Crippen LogP contribution in [0.5, 0.6) is 0 Å². The summed E-state index contributed by atoms with van der Waals surface area (Å²) in [6.07, 6.45) is 1.71. The van der Waals surface area contributed by atoms with Crippen LogP contribution in [0.3, 0.4) is 0 Å². The van der Waals surface area contributed by atoms with Crippen LogP contribution in [0, 0.1) is 11.5 Å². The van der Waals surface area contributed by atoms with Gasteiger partial charge in [0, 0.05) is 6.42 Å². The molecule has 1 unspecified atom stereocenters. The van der Waals surface area contributed by atoms with E-state index >= 15 is 0 Å². The van der Waals surface area contributed by atoms with Gasteiger partial charge in [-0.05, 0) is 0 Å². The summed E-state index contributed by atoms with van der Waals surface area (Å²) in [5.74, 6) is 0. The minimum absolute atomic E-state index is 0.273.